The molecule has 0 N–H and O–H groups in total. The van der Waals surface area contributed by atoms with Crippen LogP contribution in [0.2, 0.25) is 0 Å². The van der Waals surface area contributed by atoms with Crippen molar-refractivity contribution < 1.29 is 4.74 Å². The van der Waals surface area contributed by atoms with Crippen LogP contribution in [0.4, 0.5) is 0 Å². The van der Waals surface area contributed by atoms with E-state index < -0.39 is 0 Å². The summed E-state index contributed by atoms with van der Waals surface area (Å²) in [6, 6.07) is 10.2. The molecular formula is C12H17ClO. The standard InChI is InChI=1S/C12H17ClO/c1-11(6-5-9-13)14-10-12-7-3-2-4-8-12/h2-4,7-8,11H,5-6,9-10H2,1H3. The molecule has 0 aliphatic carbocycles. The highest BCUT2D eigenvalue weighted by Gasteiger charge is 2.01. The smallest absolute Gasteiger partial charge is 0.0720 e. The summed E-state index contributed by atoms with van der Waals surface area (Å²) in [4.78, 5) is 0. The molecule has 1 unspecified atom stereocenters. The van der Waals surface area contributed by atoms with Gasteiger partial charge in [-0.3, -0.25) is 0 Å². The maximum Gasteiger partial charge on any atom is 0.0720 e. The van der Waals surface area contributed by atoms with Crippen LogP contribution in [-0.2, 0) is 11.3 Å². The summed E-state index contributed by atoms with van der Waals surface area (Å²) in [6.07, 6.45) is 2.36. The number of hydrogen-bond acceptors (Lipinski definition) is 1. The number of ether oxygens (including phenoxy) is 1. The van der Waals surface area contributed by atoms with E-state index in [-0.39, 0.29) is 0 Å². The predicted octanol–water partition coefficient (Wildman–Crippen LogP) is 3.61. The van der Waals surface area contributed by atoms with Crippen LogP contribution in [0.15, 0.2) is 30.3 Å². The lowest BCUT2D eigenvalue weighted by molar-refractivity contribution is 0.0473. The molecule has 0 saturated heterocycles. The molecule has 0 heterocycles. The van der Waals surface area contributed by atoms with Crippen LogP contribution in [0, 0.1) is 0 Å². The monoisotopic (exact) mass is 212 g/mol. The fourth-order valence-electron chi connectivity index (χ4n) is 1.26. The van der Waals surface area contributed by atoms with Crippen molar-refractivity contribution in [1.82, 2.24) is 0 Å². The molecule has 0 radical (unpaired) electrons. The van der Waals surface area contributed by atoms with E-state index in [4.69, 9.17) is 16.3 Å². The van der Waals surface area contributed by atoms with E-state index in [0.29, 0.717) is 12.7 Å². The molecule has 1 nitrogen and oxygen atoms in total. The van der Waals surface area contributed by atoms with E-state index in [1.54, 1.807) is 0 Å². The van der Waals surface area contributed by atoms with Crippen molar-refractivity contribution in [3.8, 4) is 0 Å². The van der Waals surface area contributed by atoms with Gasteiger partial charge in [-0.25, -0.2) is 0 Å². The van der Waals surface area contributed by atoms with Crippen LogP contribution in [0.25, 0.3) is 0 Å². The molecule has 78 valence electrons. The number of hydrogen-bond donors (Lipinski definition) is 0. The van der Waals surface area contributed by atoms with E-state index in [9.17, 15) is 0 Å². The predicted molar refractivity (Wildman–Crippen MR) is 60.6 cm³/mol. The zero-order chi connectivity index (χ0) is 10.2. The minimum absolute atomic E-state index is 0.300. The van der Waals surface area contributed by atoms with Crippen LogP contribution in [0.1, 0.15) is 25.3 Å². The van der Waals surface area contributed by atoms with E-state index in [1.807, 2.05) is 18.2 Å². The molecule has 0 saturated carbocycles. The fourth-order valence-corrected chi connectivity index (χ4v) is 1.41. The highest BCUT2D eigenvalue weighted by atomic mass is 35.5. The Bertz CT molecular complexity index is 235. The molecule has 1 rings (SSSR count). The number of rotatable bonds is 6. The normalized spacial score (nSPS) is 12.7. The van der Waals surface area contributed by atoms with Gasteiger partial charge in [0.1, 0.15) is 0 Å². The van der Waals surface area contributed by atoms with Crippen molar-refractivity contribution in [2.24, 2.45) is 0 Å². The van der Waals surface area contributed by atoms with Gasteiger partial charge in [-0.2, -0.15) is 0 Å². The average molecular weight is 213 g/mol. The molecule has 0 spiro atoms. The first kappa shape index (κ1) is 11.5. The minimum atomic E-state index is 0.300. The highest BCUT2D eigenvalue weighted by Crippen LogP contribution is 2.07. The third-order valence-electron chi connectivity index (χ3n) is 2.12. The van der Waals surface area contributed by atoms with Crippen LogP contribution >= 0.6 is 11.6 Å². The molecule has 14 heavy (non-hydrogen) atoms. The Kier molecular flexibility index (Phi) is 5.65. The number of benzene rings is 1. The summed E-state index contributed by atoms with van der Waals surface area (Å²) in [7, 11) is 0. The maximum absolute atomic E-state index is 5.67. The molecule has 1 atom stereocenters. The maximum atomic E-state index is 5.67. The molecule has 0 bridgehead atoms. The van der Waals surface area contributed by atoms with E-state index in [2.05, 4.69) is 19.1 Å². The van der Waals surface area contributed by atoms with Crippen LogP contribution in [0.5, 0.6) is 0 Å². The van der Waals surface area contributed by atoms with Gasteiger partial charge in [0, 0.05) is 5.88 Å². The Hall–Kier alpha value is -0.530. The van der Waals surface area contributed by atoms with Gasteiger partial charge in [0.15, 0.2) is 0 Å². The van der Waals surface area contributed by atoms with Gasteiger partial charge >= 0.3 is 0 Å². The van der Waals surface area contributed by atoms with Gasteiger partial charge in [0.25, 0.3) is 0 Å². The molecule has 1 aromatic carbocycles. The Balaban J connectivity index is 2.20. The highest BCUT2D eigenvalue weighted by molar-refractivity contribution is 6.17. The number of halogens is 1. The van der Waals surface area contributed by atoms with Gasteiger partial charge in [-0.05, 0) is 25.3 Å². The molecule has 1 aromatic rings. The molecule has 0 aliphatic heterocycles. The third-order valence-corrected chi connectivity index (χ3v) is 2.39. The molecule has 0 aliphatic rings. The second kappa shape index (κ2) is 6.86. The Morgan fingerprint density at radius 3 is 2.64 bits per heavy atom. The quantitative estimate of drug-likeness (QED) is 0.655. The zero-order valence-electron chi connectivity index (χ0n) is 8.58. The SMILES string of the molecule is CC(CCCCl)OCc1ccccc1. The van der Waals surface area contributed by atoms with Gasteiger partial charge in [0.2, 0.25) is 0 Å². The first-order valence-corrected chi connectivity index (χ1v) is 5.58. The summed E-state index contributed by atoms with van der Waals surface area (Å²) in [5, 5.41) is 0. The number of alkyl halides is 1. The van der Waals surface area contributed by atoms with Crippen molar-refractivity contribution in [2.75, 3.05) is 5.88 Å². The lowest BCUT2D eigenvalue weighted by atomic mass is 10.2. The van der Waals surface area contributed by atoms with Gasteiger partial charge in [-0.1, -0.05) is 30.3 Å². The fraction of sp³-hybridized carbons (Fsp3) is 0.500. The van der Waals surface area contributed by atoms with Crippen molar-refractivity contribution in [3.63, 3.8) is 0 Å². The molecule has 0 aromatic heterocycles. The summed E-state index contributed by atoms with van der Waals surface area (Å²) >= 11 is 5.61. The summed E-state index contributed by atoms with van der Waals surface area (Å²) in [5.74, 6) is 0.721. The second-order valence-corrected chi connectivity index (χ2v) is 3.82. The second-order valence-electron chi connectivity index (χ2n) is 3.44. The lowest BCUT2D eigenvalue weighted by Gasteiger charge is -2.11. The van der Waals surface area contributed by atoms with Crippen LogP contribution < -0.4 is 0 Å². The van der Waals surface area contributed by atoms with Crippen LogP contribution in [0.3, 0.4) is 0 Å². The molecule has 2 heteroatoms. The van der Waals surface area contributed by atoms with Crippen molar-refractivity contribution in [1.29, 1.82) is 0 Å². The first-order chi connectivity index (χ1) is 6.83. The van der Waals surface area contributed by atoms with Crippen LogP contribution in [-0.4, -0.2) is 12.0 Å². The molecule has 0 amide bonds. The van der Waals surface area contributed by atoms with E-state index in [0.717, 1.165) is 18.7 Å². The summed E-state index contributed by atoms with van der Waals surface area (Å²) < 4.78 is 5.67. The Morgan fingerprint density at radius 1 is 1.29 bits per heavy atom. The summed E-state index contributed by atoms with van der Waals surface area (Å²) in [5.41, 5.74) is 1.23. The van der Waals surface area contributed by atoms with Gasteiger partial charge < -0.3 is 4.74 Å². The Morgan fingerprint density at radius 2 is 2.00 bits per heavy atom. The average Bonchev–Trinajstić information content (AvgIpc) is 2.25. The van der Waals surface area contributed by atoms with E-state index in [1.165, 1.54) is 5.56 Å². The van der Waals surface area contributed by atoms with E-state index >= 15 is 0 Å². The molecular weight excluding hydrogens is 196 g/mol. The Labute approximate surface area is 91.0 Å². The lowest BCUT2D eigenvalue weighted by Crippen LogP contribution is -2.08. The summed E-state index contributed by atoms with van der Waals surface area (Å²) in [6.45, 7) is 2.79. The van der Waals surface area contributed by atoms with Crippen molar-refractivity contribution >= 4 is 11.6 Å². The topological polar surface area (TPSA) is 9.23 Å². The largest absolute Gasteiger partial charge is 0.374 e. The van der Waals surface area contributed by atoms with Gasteiger partial charge in [0.05, 0.1) is 12.7 Å². The zero-order valence-corrected chi connectivity index (χ0v) is 9.33. The van der Waals surface area contributed by atoms with Gasteiger partial charge in [-0.15, -0.1) is 11.6 Å². The van der Waals surface area contributed by atoms with Crippen molar-refractivity contribution in [3.05, 3.63) is 35.9 Å². The third kappa shape index (κ3) is 4.64. The molecule has 0 fully saturated rings. The van der Waals surface area contributed by atoms with Crippen molar-refractivity contribution in [2.45, 2.75) is 32.5 Å². The first-order valence-electron chi connectivity index (χ1n) is 5.04. The minimum Gasteiger partial charge on any atom is -0.374 e.